The van der Waals surface area contributed by atoms with Crippen molar-refractivity contribution >= 4 is 97.1 Å². The Kier molecular flexibility index (Phi) is 33.6. The molecule has 141 heavy (non-hydrogen) atoms. The summed E-state index contributed by atoms with van der Waals surface area (Å²) in [4.78, 5) is 117. The lowest BCUT2D eigenvalue weighted by molar-refractivity contribution is -0.143. The summed E-state index contributed by atoms with van der Waals surface area (Å²) in [6.07, 6.45) is 0.674. The number of nitrogens with zero attached hydrogens (tertiary/aromatic N) is 16. The Balaban J connectivity index is 0.000000150. The number of carbonyl (C=O) groups is 8. The summed E-state index contributed by atoms with van der Waals surface area (Å²) in [6, 6.07) is 49.9. The maximum Gasteiger partial charge on any atom is 0.435 e. The van der Waals surface area contributed by atoms with Gasteiger partial charge in [0.25, 0.3) is 0 Å². The highest BCUT2D eigenvalue weighted by molar-refractivity contribution is 7.17. The molecule has 1 aliphatic heterocycles. The van der Waals surface area contributed by atoms with E-state index in [2.05, 4.69) is 30.5 Å². The third kappa shape index (κ3) is 26.0. The Labute approximate surface area is 811 Å². The van der Waals surface area contributed by atoms with Gasteiger partial charge in [-0.15, -0.1) is 11.3 Å². The maximum atomic E-state index is 13.7. The van der Waals surface area contributed by atoms with Crippen LogP contribution in [0.5, 0.6) is 0 Å². The molecule has 4 aliphatic carbocycles. The van der Waals surface area contributed by atoms with Crippen LogP contribution in [-0.2, 0) is 167 Å². The highest BCUT2D eigenvalue weighted by atomic mass is 32.1. The molecule has 0 bridgehead atoms. The van der Waals surface area contributed by atoms with Gasteiger partial charge in [0.1, 0.15) is 0 Å². The van der Waals surface area contributed by atoms with E-state index in [-0.39, 0.29) is 127 Å². The predicted molar refractivity (Wildman–Crippen MR) is 510 cm³/mol. The number of rotatable bonds is 32. The van der Waals surface area contributed by atoms with Crippen molar-refractivity contribution in [1.82, 2.24) is 53.5 Å². The number of hydrogen-bond acceptors (Lipinski definition) is 15. The van der Waals surface area contributed by atoms with Crippen molar-refractivity contribution in [2.75, 3.05) is 47.8 Å². The molecule has 4 unspecified atom stereocenters. The average Bonchev–Trinajstić information content (AvgIpc) is 1.64. The van der Waals surface area contributed by atoms with Gasteiger partial charge in [-0.1, -0.05) is 97.1 Å². The summed E-state index contributed by atoms with van der Waals surface area (Å²) in [6.45, 7) is -0.943. The van der Waals surface area contributed by atoms with Crippen molar-refractivity contribution in [3.63, 3.8) is 0 Å². The van der Waals surface area contributed by atoms with Crippen LogP contribution in [0.4, 0.5) is 75.4 Å². The second-order valence-corrected chi connectivity index (χ2v) is 37.1. The monoisotopic (exact) mass is 1970 g/mol. The maximum absolute atomic E-state index is 13.7. The molecule has 12 aromatic rings. The van der Waals surface area contributed by atoms with Crippen molar-refractivity contribution < 1.29 is 91.0 Å². The van der Waals surface area contributed by atoms with E-state index in [1.165, 1.54) is 33.4 Å². The number of alkyl halides is 12. The van der Waals surface area contributed by atoms with Gasteiger partial charge in [0, 0.05) is 188 Å². The minimum Gasteiger partial charge on any atom is -0.354 e. The van der Waals surface area contributed by atoms with E-state index in [0.717, 1.165) is 52.7 Å². The summed E-state index contributed by atoms with van der Waals surface area (Å²) < 4.78 is 172. The molecule has 5 aliphatic rings. The normalized spacial score (nSPS) is 14.8. The summed E-state index contributed by atoms with van der Waals surface area (Å²) in [5, 5.41) is 22.4. The van der Waals surface area contributed by atoms with Crippen LogP contribution in [0.2, 0.25) is 0 Å². The fourth-order valence-corrected chi connectivity index (χ4v) is 20.2. The Morgan fingerprint density at radius 3 is 1.03 bits per heavy atom. The molecular formula is C104H110F12N16O8S. The molecule has 7 aromatic heterocycles. The second-order valence-electron chi connectivity index (χ2n) is 36.2. The number of aliphatic imine (C=N–C) groups is 1. The van der Waals surface area contributed by atoms with Crippen LogP contribution in [0.3, 0.4) is 0 Å². The molecule has 0 fully saturated rings. The highest BCUT2D eigenvalue weighted by Crippen LogP contribution is 2.42. The summed E-state index contributed by atoms with van der Waals surface area (Å²) in [7, 11) is 8.51. The summed E-state index contributed by atoms with van der Waals surface area (Å²) in [5.41, 5.74) is 4.59. The minimum atomic E-state index is -4.56. The number of benzene rings is 5. The number of carbonyl (C=O) groups excluding carboxylic acids is 8. The number of Topliss-reactive ketones (excluding diaryl/α,β-unsaturated/α-hetero) is 4. The van der Waals surface area contributed by atoms with Crippen LogP contribution >= 0.6 is 11.3 Å². The van der Waals surface area contributed by atoms with E-state index in [4.69, 9.17) is 0 Å². The van der Waals surface area contributed by atoms with E-state index in [1.54, 1.807) is 98.0 Å². The van der Waals surface area contributed by atoms with Gasteiger partial charge < -0.3 is 24.2 Å². The Bertz CT molecular complexity index is 6450. The van der Waals surface area contributed by atoms with E-state index in [9.17, 15) is 91.0 Å². The highest BCUT2D eigenvalue weighted by Gasteiger charge is 2.45. The lowest BCUT2D eigenvalue weighted by atomic mass is 9.92. The van der Waals surface area contributed by atoms with Crippen molar-refractivity contribution in [1.29, 1.82) is 0 Å². The van der Waals surface area contributed by atoms with Crippen molar-refractivity contribution in [2.45, 2.75) is 212 Å². The first kappa shape index (κ1) is 103. The summed E-state index contributed by atoms with van der Waals surface area (Å²) >= 11 is 1.58. The molecule has 4 atom stereocenters. The molecule has 5 aromatic carbocycles. The zero-order valence-corrected chi connectivity index (χ0v) is 79.5. The largest absolute Gasteiger partial charge is 0.435 e. The SMILES string of the molecule is CN(C(=O)C(CC(=O)Cn1nc(C(F)(F)F)c2c1CCCC2)CC1=CCC=N1)c1ccccc1.CN(C(=O)C(CC(=O)Cn1nc(C(F)(F)F)c2c1CCCC2)Cc1cccn1C)c1ccccc1.CN(C(=O)C(CC(=O)Cn1nc(C(F)(F)F)c2c1CCCC2)Cc1csc2ccccc12)c1ccccc1.CN(C(=O)C(CC(=O)Cn1nc(C(F)(F)F)c2c1CCCC2)Cn1cccn1)c1ccccc1. The van der Waals surface area contributed by atoms with Crippen LogP contribution in [0, 0.1) is 23.7 Å². The molecule has 37 heteroatoms. The topological polar surface area (TPSA) is 256 Å². The molecule has 0 N–H and O–H groups in total. The third-order valence-electron chi connectivity index (χ3n) is 26.3. The van der Waals surface area contributed by atoms with Gasteiger partial charge >= 0.3 is 24.7 Å². The Morgan fingerprint density at radius 2 is 0.702 bits per heavy atom. The lowest BCUT2D eigenvalue weighted by Crippen LogP contribution is -2.37. The number of anilines is 4. The number of halogens is 12. The zero-order valence-electron chi connectivity index (χ0n) is 78.7. The van der Waals surface area contributed by atoms with Crippen molar-refractivity contribution in [2.24, 2.45) is 35.7 Å². The standard InChI is InChI=1S/C29H28F3N3O2S.C26H29F3N4O2.C25H27F3N4O2.C24H26F3N5O2/c1-34(21-9-3-2-4-10-21)28(37)19(15-20-18-38-26-14-8-6-11-23(20)26)16-22(36)17-35-25-13-7-5-12-24(25)27(33-35)29(30,31)32;1-31-14-8-11-20(31)15-18(25(35)32(2)19-9-4-3-5-10-19)16-21(34)17-33-23-13-7-6-12-22(23)24(30-33)26(27,28)29;1-31(19-9-3-2-4-10-19)24(34)17(14-18-8-7-13-29-18)15-20(33)16-32-22-12-6-5-11-21(22)23(30-32)25(26,27)28;1-30(18-8-3-2-4-9-18)23(34)17(15-31-13-7-12-28-31)14-19(33)16-32-21-11-6-5-10-20(21)22(29-32)24(25,26)27/h2-4,6,8-11,14,18-19H,5,7,12-13,15-17H2,1H3;3-5,8-11,14,18H,6-7,12-13,15-17H2,1-2H3;2-4,8-10,13,17H,5-7,11-12,14-16H2,1H3;2-4,7-9,12-13,17H,5-6,10-11,14-16H2,1H3. The number of ketones is 4. The second kappa shape index (κ2) is 45.8. The molecule has 0 saturated carbocycles. The van der Waals surface area contributed by atoms with Gasteiger partial charge in [0.2, 0.25) is 23.6 Å². The van der Waals surface area contributed by atoms with Gasteiger partial charge in [-0.3, -0.25) is 66.8 Å². The van der Waals surface area contributed by atoms with Gasteiger partial charge in [0.05, 0.1) is 50.5 Å². The van der Waals surface area contributed by atoms with Crippen molar-refractivity contribution in [3.05, 3.63) is 279 Å². The van der Waals surface area contributed by atoms with E-state index < -0.39 is 71.2 Å². The van der Waals surface area contributed by atoms with E-state index in [1.807, 2.05) is 163 Å². The van der Waals surface area contributed by atoms with Crippen molar-refractivity contribution in [3.8, 4) is 0 Å². The average molecular weight is 1970 g/mol. The number of amides is 4. The van der Waals surface area contributed by atoms with Gasteiger partial charge in [-0.05, 0) is 205 Å². The van der Waals surface area contributed by atoms with Gasteiger partial charge in [-0.25, -0.2) is 0 Å². The van der Waals surface area contributed by atoms with Crippen LogP contribution < -0.4 is 19.6 Å². The Hall–Kier alpha value is -13.5. The summed E-state index contributed by atoms with van der Waals surface area (Å²) in [5.74, 6) is -4.97. The molecule has 744 valence electrons. The van der Waals surface area contributed by atoms with Gasteiger partial charge in [-0.2, -0.15) is 78.2 Å². The fraction of sp³-hybridized carbons (Fsp3) is 0.404. The number of fused-ring (bicyclic) bond motifs is 5. The van der Waals surface area contributed by atoms with Crippen LogP contribution in [-0.4, -0.2) is 135 Å². The number of aryl methyl sites for hydroxylation is 1. The zero-order chi connectivity index (χ0) is 101. The van der Waals surface area contributed by atoms with Crippen LogP contribution in [0.15, 0.2) is 205 Å². The number of allylic oxidation sites excluding steroid dienone is 2. The molecule has 8 heterocycles. The Morgan fingerprint density at radius 1 is 0.376 bits per heavy atom. The molecule has 0 radical (unpaired) electrons. The quantitative estimate of drug-likeness (QED) is 0.0356. The minimum absolute atomic E-state index is 0.0861. The molecule has 24 nitrogen and oxygen atoms in total. The number of thiophene rings is 1. The third-order valence-corrected chi connectivity index (χ3v) is 27.3. The van der Waals surface area contributed by atoms with E-state index >= 15 is 0 Å². The smallest absolute Gasteiger partial charge is 0.354 e. The molecular weight excluding hydrogens is 1860 g/mol. The first-order chi connectivity index (χ1) is 67.3. The lowest BCUT2D eigenvalue weighted by Gasteiger charge is -2.24. The van der Waals surface area contributed by atoms with E-state index in [0.29, 0.717) is 148 Å². The predicted octanol–water partition coefficient (Wildman–Crippen LogP) is 19.8. The number of aromatic nitrogens is 11. The first-order valence-electron chi connectivity index (χ1n) is 47.1. The molecule has 17 rings (SSSR count). The fourth-order valence-electron chi connectivity index (χ4n) is 19.2. The van der Waals surface area contributed by atoms with Crippen LogP contribution in [0.25, 0.3) is 10.1 Å². The number of hydrogen-bond donors (Lipinski definition) is 0. The molecule has 0 spiro atoms. The first-order valence-corrected chi connectivity index (χ1v) is 48.0. The van der Waals surface area contributed by atoms with Gasteiger partial charge in [0.15, 0.2) is 45.9 Å². The van der Waals surface area contributed by atoms with Crippen LogP contribution in [0.1, 0.15) is 169 Å². The number of para-hydroxylation sites is 4. The molecule has 0 saturated heterocycles. The molecule has 4 amide bonds.